The fraction of sp³-hybridized carbons (Fsp3) is 0.625. The second-order valence-corrected chi connectivity index (χ2v) is 5.87. The van der Waals surface area contributed by atoms with Gasteiger partial charge >= 0.3 is 0 Å². The van der Waals surface area contributed by atoms with E-state index in [2.05, 4.69) is 30.9 Å². The van der Waals surface area contributed by atoms with E-state index >= 15 is 0 Å². The summed E-state index contributed by atoms with van der Waals surface area (Å²) in [5.41, 5.74) is 8.86. The number of methoxy groups -OCH3 is 2. The van der Waals surface area contributed by atoms with Crippen LogP contribution < -0.4 is 15.2 Å². The van der Waals surface area contributed by atoms with Crippen LogP contribution in [0.2, 0.25) is 0 Å². The Hall–Kier alpha value is -1.26. The zero-order valence-corrected chi connectivity index (χ0v) is 13.0. The van der Waals surface area contributed by atoms with Gasteiger partial charge in [-0.15, -0.1) is 0 Å². The molecule has 0 unspecified atom stereocenters. The first kappa shape index (κ1) is 15.1. The van der Waals surface area contributed by atoms with E-state index in [0.29, 0.717) is 5.92 Å². The van der Waals surface area contributed by atoms with Crippen LogP contribution in [0.25, 0.3) is 0 Å². The highest BCUT2D eigenvalue weighted by Crippen LogP contribution is 2.33. The minimum atomic E-state index is 0.233. The van der Waals surface area contributed by atoms with Crippen molar-refractivity contribution in [3.05, 3.63) is 23.3 Å². The Morgan fingerprint density at radius 1 is 1.15 bits per heavy atom. The fourth-order valence-corrected chi connectivity index (χ4v) is 2.61. The summed E-state index contributed by atoms with van der Waals surface area (Å²) in [6.45, 7) is 7.30. The van der Waals surface area contributed by atoms with Crippen molar-refractivity contribution in [3.63, 3.8) is 0 Å². The molecule has 1 aromatic rings. The summed E-state index contributed by atoms with van der Waals surface area (Å²) in [6, 6.07) is 4.44. The molecule has 1 aliphatic rings. The lowest BCUT2D eigenvalue weighted by Crippen LogP contribution is -2.42. The summed E-state index contributed by atoms with van der Waals surface area (Å²) >= 11 is 0. The number of rotatable bonds is 5. The molecule has 0 aliphatic carbocycles. The molecule has 1 atom stereocenters. The quantitative estimate of drug-likeness (QED) is 0.895. The highest BCUT2D eigenvalue weighted by molar-refractivity contribution is 5.48. The molecule has 112 valence electrons. The van der Waals surface area contributed by atoms with Crippen molar-refractivity contribution in [3.8, 4) is 11.5 Å². The Bertz CT molecular complexity index is 460. The van der Waals surface area contributed by atoms with Crippen LogP contribution in [0.15, 0.2) is 12.1 Å². The largest absolute Gasteiger partial charge is 0.493 e. The van der Waals surface area contributed by atoms with Gasteiger partial charge in [-0.2, -0.15) is 0 Å². The minimum absolute atomic E-state index is 0.233. The summed E-state index contributed by atoms with van der Waals surface area (Å²) < 4.78 is 10.8. The smallest absolute Gasteiger partial charge is 0.161 e. The normalized spacial score (nSPS) is 16.9. The average Bonchev–Trinajstić information content (AvgIpc) is 2.45. The number of fused-ring (bicyclic) bond motifs is 1. The molecule has 0 fully saturated rings. The van der Waals surface area contributed by atoms with Gasteiger partial charge in [-0.3, -0.25) is 4.90 Å². The van der Waals surface area contributed by atoms with E-state index in [1.165, 1.54) is 11.1 Å². The molecular weight excluding hydrogens is 252 g/mol. The molecule has 2 rings (SSSR count). The topological polar surface area (TPSA) is 47.7 Å². The number of nitrogens with zero attached hydrogens (tertiary/aromatic N) is 1. The van der Waals surface area contributed by atoms with Crippen LogP contribution in [-0.4, -0.2) is 38.3 Å². The third kappa shape index (κ3) is 3.25. The van der Waals surface area contributed by atoms with Gasteiger partial charge in [0.1, 0.15) is 0 Å². The van der Waals surface area contributed by atoms with Crippen LogP contribution in [-0.2, 0) is 13.0 Å². The Balaban J connectivity index is 2.13. The van der Waals surface area contributed by atoms with Crippen LogP contribution in [0.4, 0.5) is 0 Å². The van der Waals surface area contributed by atoms with E-state index in [-0.39, 0.29) is 6.04 Å². The summed E-state index contributed by atoms with van der Waals surface area (Å²) in [7, 11) is 3.36. The van der Waals surface area contributed by atoms with E-state index in [4.69, 9.17) is 15.2 Å². The van der Waals surface area contributed by atoms with Crippen LogP contribution >= 0.6 is 0 Å². The number of benzene rings is 1. The van der Waals surface area contributed by atoms with Crippen molar-refractivity contribution in [1.82, 2.24) is 4.90 Å². The SMILES string of the molecule is COc1cc2c(cc1OC)CN(C[C@@H](N)C(C)C)CC2. The maximum Gasteiger partial charge on any atom is 0.161 e. The summed E-state index contributed by atoms with van der Waals surface area (Å²) in [5.74, 6) is 2.14. The molecule has 2 N–H and O–H groups in total. The molecule has 0 amide bonds. The molecule has 0 aromatic heterocycles. The van der Waals surface area contributed by atoms with Gasteiger partial charge in [0, 0.05) is 25.7 Å². The maximum atomic E-state index is 6.18. The standard InChI is InChI=1S/C16H26N2O2/c1-11(2)14(17)10-18-6-5-12-7-15(19-3)16(20-4)8-13(12)9-18/h7-8,11,14H,5-6,9-10,17H2,1-4H3/t14-/m1/s1. The second kappa shape index (κ2) is 6.46. The second-order valence-electron chi connectivity index (χ2n) is 5.87. The lowest BCUT2D eigenvalue weighted by molar-refractivity contribution is 0.220. The highest BCUT2D eigenvalue weighted by atomic mass is 16.5. The van der Waals surface area contributed by atoms with Gasteiger partial charge < -0.3 is 15.2 Å². The number of hydrogen-bond acceptors (Lipinski definition) is 4. The van der Waals surface area contributed by atoms with Gasteiger partial charge in [0.25, 0.3) is 0 Å². The monoisotopic (exact) mass is 278 g/mol. The van der Waals surface area contributed by atoms with E-state index in [9.17, 15) is 0 Å². The van der Waals surface area contributed by atoms with E-state index < -0.39 is 0 Å². The van der Waals surface area contributed by atoms with Gasteiger partial charge in [-0.1, -0.05) is 13.8 Å². The predicted molar refractivity (Wildman–Crippen MR) is 81.3 cm³/mol. The summed E-state index contributed by atoms with van der Waals surface area (Å²) in [4.78, 5) is 2.43. The first-order valence-corrected chi connectivity index (χ1v) is 7.26. The molecule has 0 radical (unpaired) electrons. The van der Waals surface area contributed by atoms with Gasteiger partial charge in [0.05, 0.1) is 14.2 Å². The molecule has 20 heavy (non-hydrogen) atoms. The summed E-state index contributed by atoms with van der Waals surface area (Å²) in [6.07, 6.45) is 1.04. The molecular formula is C16H26N2O2. The van der Waals surface area contributed by atoms with Crippen molar-refractivity contribution in [1.29, 1.82) is 0 Å². The van der Waals surface area contributed by atoms with E-state index in [1.54, 1.807) is 14.2 Å². The lowest BCUT2D eigenvalue weighted by atomic mass is 9.97. The van der Waals surface area contributed by atoms with E-state index in [1.807, 2.05) is 0 Å². The van der Waals surface area contributed by atoms with Crippen molar-refractivity contribution in [2.45, 2.75) is 32.9 Å². The number of hydrogen-bond donors (Lipinski definition) is 1. The van der Waals surface area contributed by atoms with Gasteiger partial charge in [0.2, 0.25) is 0 Å². The lowest BCUT2D eigenvalue weighted by Gasteiger charge is -2.32. The average molecular weight is 278 g/mol. The van der Waals surface area contributed by atoms with Gasteiger partial charge in [0.15, 0.2) is 11.5 Å². The van der Waals surface area contributed by atoms with Crippen molar-refractivity contribution in [2.24, 2.45) is 11.7 Å². The predicted octanol–water partition coefficient (Wildman–Crippen LogP) is 2.05. The molecule has 0 saturated heterocycles. The molecule has 0 bridgehead atoms. The Labute approximate surface area is 121 Å². The molecule has 4 nitrogen and oxygen atoms in total. The van der Waals surface area contributed by atoms with E-state index in [0.717, 1.165) is 37.6 Å². The molecule has 4 heteroatoms. The van der Waals surface area contributed by atoms with Crippen LogP contribution in [0, 0.1) is 5.92 Å². The minimum Gasteiger partial charge on any atom is -0.493 e. The first-order chi connectivity index (χ1) is 9.55. The van der Waals surface area contributed by atoms with Crippen LogP contribution in [0.5, 0.6) is 11.5 Å². The zero-order valence-electron chi connectivity index (χ0n) is 13.0. The first-order valence-electron chi connectivity index (χ1n) is 7.26. The molecule has 1 heterocycles. The van der Waals surface area contributed by atoms with Crippen molar-refractivity contribution < 1.29 is 9.47 Å². The number of nitrogens with two attached hydrogens (primary N) is 1. The Morgan fingerprint density at radius 2 is 1.75 bits per heavy atom. The molecule has 0 spiro atoms. The highest BCUT2D eigenvalue weighted by Gasteiger charge is 2.21. The van der Waals surface area contributed by atoms with Gasteiger partial charge in [-0.25, -0.2) is 0 Å². The Kier molecular flexibility index (Phi) is 4.89. The zero-order chi connectivity index (χ0) is 14.7. The van der Waals surface area contributed by atoms with Crippen molar-refractivity contribution in [2.75, 3.05) is 27.3 Å². The third-order valence-corrected chi connectivity index (χ3v) is 4.12. The maximum absolute atomic E-state index is 6.18. The van der Waals surface area contributed by atoms with Gasteiger partial charge in [-0.05, 0) is 35.6 Å². The fourth-order valence-electron chi connectivity index (χ4n) is 2.61. The summed E-state index contributed by atoms with van der Waals surface area (Å²) in [5, 5.41) is 0. The third-order valence-electron chi connectivity index (χ3n) is 4.12. The van der Waals surface area contributed by atoms with Crippen molar-refractivity contribution >= 4 is 0 Å². The Morgan fingerprint density at radius 3 is 2.30 bits per heavy atom. The number of ether oxygens (including phenoxy) is 2. The molecule has 1 aliphatic heterocycles. The van der Waals surface area contributed by atoms with Crippen LogP contribution in [0.3, 0.4) is 0 Å². The van der Waals surface area contributed by atoms with Crippen LogP contribution in [0.1, 0.15) is 25.0 Å². The molecule has 0 saturated carbocycles. The molecule has 1 aromatic carbocycles.